The van der Waals surface area contributed by atoms with Gasteiger partial charge in [-0.2, -0.15) is 0 Å². The van der Waals surface area contributed by atoms with Crippen LogP contribution in [-0.2, 0) is 22.7 Å². The maximum Gasteiger partial charge on any atom is 0.242 e. The maximum atomic E-state index is 13.1. The van der Waals surface area contributed by atoms with E-state index >= 15 is 0 Å². The summed E-state index contributed by atoms with van der Waals surface area (Å²) in [6.45, 7) is 9.22. The van der Waals surface area contributed by atoms with Gasteiger partial charge in [0.05, 0.1) is 6.54 Å². The smallest absolute Gasteiger partial charge is 0.242 e. The molecule has 5 heteroatoms. The van der Waals surface area contributed by atoms with Gasteiger partial charge in [-0.3, -0.25) is 9.59 Å². The Morgan fingerprint density at radius 3 is 2.26 bits per heavy atom. The SMILES string of the molecule is CCC(=O)N(CC(=O)N(Cc1ccccc1)Cc1ccc(C)s1)[C@H](C)CC. The van der Waals surface area contributed by atoms with Crippen molar-refractivity contribution in [3.05, 3.63) is 57.8 Å². The van der Waals surface area contributed by atoms with Crippen LogP contribution in [0.4, 0.5) is 0 Å². The minimum Gasteiger partial charge on any atom is -0.332 e. The molecule has 0 aliphatic rings. The van der Waals surface area contributed by atoms with Crippen molar-refractivity contribution in [3.63, 3.8) is 0 Å². The Labute approximate surface area is 166 Å². The zero-order chi connectivity index (χ0) is 19.8. The number of rotatable bonds is 9. The highest BCUT2D eigenvalue weighted by Crippen LogP contribution is 2.19. The molecule has 1 atom stereocenters. The average molecular weight is 387 g/mol. The molecule has 1 aromatic carbocycles. The first-order valence-electron chi connectivity index (χ1n) is 9.61. The molecular formula is C22H30N2O2S. The van der Waals surface area contributed by atoms with Crippen LogP contribution < -0.4 is 0 Å². The van der Waals surface area contributed by atoms with Crippen molar-refractivity contribution in [2.24, 2.45) is 0 Å². The summed E-state index contributed by atoms with van der Waals surface area (Å²) < 4.78 is 0. The summed E-state index contributed by atoms with van der Waals surface area (Å²) >= 11 is 1.71. The number of carbonyl (C=O) groups is 2. The molecule has 2 rings (SSSR count). The molecule has 0 N–H and O–H groups in total. The van der Waals surface area contributed by atoms with Gasteiger partial charge in [0, 0.05) is 28.8 Å². The first kappa shape index (κ1) is 21.2. The third-order valence-electron chi connectivity index (χ3n) is 4.76. The molecule has 27 heavy (non-hydrogen) atoms. The molecule has 0 radical (unpaired) electrons. The molecule has 1 aromatic heterocycles. The summed E-state index contributed by atoms with van der Waals surface area (Å²) in [6, 6.07) is 14.2. The van der Waals surface area contributed by atoms with Gasteiger partial charge in [0.25, 0.3) is 0 Å². The lowest BCUT2D eigenvalue weighted by atomic mass is 10.2. The molecule has 2 aromatic rings. The van der Waals surface area contributed by atoms with Crippen LogP contribution in [0.15, 0.2) is 42.5 Å². The fourth-order valence-electron chi connectivity index (χ4n) is 2.95. The Morgan fingerprint density at radius 2 is 1.70 bits per heavy atom. The average Bonchev–Trinajstić information content (AvgIpc) is 3.09. The van der Waals surface area contributed by atoms with E-state index in [0.29, 0.717) is 19.5 Å². The Hall–Kier alpha value is -2.14. The van der Waals surface area contributed by atoms with Crippen molar-refractivity contribution < 1.29 is 9.59 Å². The standard InChI is InChI=1S/C22H30N2O2S/c1-5-17(3)24(21(25)6-2)16-22(26)23(14-19-10-8-7-9-11-19)15-20-13-12-18(4)27-20/h7-13,17H,5-6,14-16H2,1-4H3/t17-/m1/s1. The Morgan fingerprint density at radius 1 is 1.00 bits per heavy atom. The van der Waals surface area contributed by atoms with E-state index in [4.69, 9.17) is 0 Å². The van der Waals surface area contributed by atoms with E-state index in [2.05, 4.69) is 19.1 Å². The van der Waals surface area contributed by atoms with Crippen molar-refractivity contribution in [3.8, 4) is 0 Å². The third kappa shape index (κ3) is 6.21. The predicted octanol–water partition coefficient (Wildman–Crippen LogP) is 4.62. The highest BCUT2D eigenvalue weighted by atomic mass is 32.1. The summed E-state index contributed by atoms with van der Waals surface area (Å²) in [6.07, 6.45) is 1.25. The zero-order valence-electron chi connectivity index (χ0n) is 16.8. The largest absolute Gasteiger partial charge is 0.332 e. The molecule has 0 saturated carbocycles. The van der Waals surface area contributed by atoms with E-state index in [1.807, 2.05) is 56.0 Å². The van der Waals surface area contributed by atoms with E-state index in [9.17, 15) is 9.59 Å². The number of benzene rings is 1. The molecule has 0 aliphatic heterocycles. The van der Waals surface area contributed by atoms with Gasteiger partial charge in [-0.1, -0.05) is 44.2 Å². The van der Waals surface area contributed by atoms with Crippen LogP contribution in [-0.4, -0.2) is 34.2 Å². The molecule has 0 spiro atoms. The van der Waals surface area contributed by atoms with Crippen LogP contribution in [0.2, 0.25) is 0 Å². The van der Waals surface area contributed by atoms with Crippen molar-refractivity contribution >= 4 is 23.2 Å². The van der Waals surface area contributed by atoms with Crippen molar-refractivity contribution in [1.29, 1.82) is 0 Å². The second-order valence-electron chi connectivity index (χ2n) is 6.88. The van der Waals surface area contributed by atoms with E-state index in [1.54, 1.807) is 16.2 Å². The topological polar surface area (TPSA) is 40.6 Å². The Kier molecular flexibility index (Phi) is 8.04. The molecule has 146 valence electrons. The van der Waals surface area contributed by atoms with Crippen LogP contribution in [0, 0.1) is 6.92 Å². The van der Waals surface area contributed by atoms with Crippen molar-refractivity contribution in [2.45, 2.75) is 59.7 Å². The minimum absolute atomic E-state index is 0.00740. The first-order chi connectivity index (χ1) is 12.9. The van der Waals surface area contributed by atoms with Crippen LogP contribution in [0.3, 0.4) is 0 Å². The van der Waals surface area contributed by atoms with Gasteiger partial charge in [-0.05, 0) is 38.0 Å². The molecule has 0 bridgehead atoms. The van der Waals surface area contributed by atoms with Crippen LogP contribution >= 0.6 is 11.3 Å². The monoisotopic (exact) mass is 386 g/mol. The van der Waals surface area contributed by atoms with Crippen LogP contribution in [0.25, 0.3) is 0 Å². The lowest BCUT2D eigenvalue weighted by molar-refractivity contribution is -0.142. The highest BCUT2D eigenvalue weighted by Gasteiger charge is 2.24. The second kappa shape index (κ2) is 10.3. The number of nitrogens with zero attached hydrogens (tertiary/aromatic N) is 2. The van der Waals surface area contributed by atoms with Crippen molar-refractivity contribution in [1.82, 2.24) is 9.80 Å². The number of aryl methyl sites for hydroxylation is 1. The quantitative estimate of drug-likeness (QED) is 0.631. The van der Waals surface area contributed by atoms with Gasteiger partial charge in [0.2, 0.25) is 11.8 Å². The highest BCUT2D eigenvalue weighted by molar-refractivity contribution is 7.11. The first-order valence-corrected chi connectivity index (χ1v) is 10.4. The van der Waals surface area contributed by atoms with E-state index in [-0.39, 0.29) is 24.4 Å². The molecule has 0 fully saturated rings. The minimum atomic E-state index is -0.00740. The summed E-state index contributed by atoms with van der Waals surface area (Å²) in [5.74, 6) is 0.0244. The fraction of sp³-hybridized carbons (Fsp3) is 0.455. The molecule has 1 heterocycles. The Bertz CT molecular complexity index is 742. The zero-order valence-corrected chi connectivity index (χ0v) is 17.6. The molecule has 0 saturated heterocycles. The summed E-state index contributed by atoms with van der Waals surface area (Å²) in [5.41, 5.74) is 1.09. The molecule has 2 amide bonds. The van der Waals surface area contributed by atoms with Gasteiger partial charge < -0.3 is 9.80 Å². The van der Waals surface area contributed by atoms with Crippen LogP contribution in [0.1, 0.15) is 48.9 Å². The van der Waals surface area contributed by atoms with E-state index < -0.39 is 0 Å². The number of amides is 2. The second-order valence-corrected chi connectivity index (χ2v) is 8.25. The van der Waals surface area contributed by atoms with Crippen molar-refractivity contribution in [2.75, 3.05) is 6.54 Å². The van der Waals surface area contributed by atoms with E-state index in [0.717, 1.165) is 16.9 Å². The fourth-order valence-corrected chi connectivity index (χ4v) is 3.86. The lowest BCUT2D eigenvalue weighted by Gasteiger charge is -2.31. The van der Waals surface area contributed by atoms with Gasteiger partial charge in [0.1, 0.15) is 6.54 Å². The van der Waals surface area contributed by atoms with Crippen LogP contribution in [0.5, 0.6) is 0 Å². The third-order valence-corrected chi connectivity index (χ3v) is 5.75. The normalized spacial score (nSPS) is 11.9. The van der Waals surface area contributed by atoms with Gasteiger partial charge in [-0.25, -0.2) is 0 Å². The number of hydrogen-bond donors (Lipinski definition) is 0. The molecular weight excluding hydrogens is 356 g/mol. The maximum absolute atomic E-state index is 13.1. The summed E-state index contributed by atoms with van der Waals surface area (Å²) in [4.78, 5) is 31.5. The lowest BCUT2D eigenvalue weighted by Crippen LogP contribution is -2.46. The van der Waals surface area contributed by atoms with Gasteiger partial charge in [0.15, 0.2) is 0 Å². The molecule has 0 aliphatic carbocycles. The number of carbonyl (C=O) groups excluding carboxylic acids is 2. The number of thiophene rings is 1. The van der Waals surface area contributed by atoms with Gasteiger partial charge >= 0.3 is 0 Å². The number of hydrogen-bond acceptors (Lipinski definition) is 3. The summed E-state index contributed by atoms with van der Waals surface area (Å²) in [7, 11) is 0. The molecule has 4 nitrogen and oxygen atoms in total. The molecule has 0 unspecified atom stereocenters. The predicted molar refractivity (Wildman–Crippen MR) is 112 cm³/mol. The van der Waals surface area contributed by atoms with Gasteiger partial charge in [-0.15, -0.1) is 11.3 Å². The summed E-state index contributed by atoms with van der Waals surface area (Å²) in [5, 5.41) is 0. The van der Waals surface area contributed by atoms with E-state index in [1.165, 1.54) is 4.88 Å². The Balaban J connectivity index is 2.19.